The molecule has 19 heavy (non-hydrogen) atoms. The van der Waals surface area contributed by atoms with Crippen molar-refractivity contribution >= 4 is 0 Å². The van der Waals surface area contributed by atoms with Crippen LogP contribution >= 0.6 is 0 Å². The fraction of sp³-hybridized carbons (Fsp3) is 0.846. The van der Waals surface area contributed by atoms with E-state index in [1.54, 1.807) is 7.11 Å². The maximum absolute atomic E-state index is 5.65. The van der Waals surface area contributed by atoms with Gasteiger partial charge in [0.05, 0.1) is 13.2 Å². The molecule has 106 valence electrons. The fourth-order valence-electron chi connectivity index (χ4n) is 3.13. The first-order chi connectivity index (χ1) is 9.30. The second-order valence-electron chi connectivity index (χ2n) is 5.65. The van der Waals surface area contributed by atoms with Crippen LogP contribution in [0.3, 0.4) is 0 Å². The van der Waals surface area contributed by atoms with Crippen molar-refractivity contribution in [2.24, 2.45) is 5.41 Å². The van der Waals surface area contributed by atoms with Gasteiger partial charge in [0.25, 0.3) is 0 Å². The minimum atomic E-state index is 0.369. The van der Waals surface area contributed by atoms with Gasteiger partial charge in [0.2, 0.25) is 5.89 Å². The van der Waals surface area contributed by atoms with E-state index in [0.717, 1.165) is 32.8 Å². The highest BCUT2D eigenvalue weighted by molar-refractivity contribution is 4.93. The van der Waals surface area contributed by atoms with Crippen LogP contribution in [0.4, 0.5) is 0 Å². The molecule has 1 atom stereocenters. The van der Waals surface area contributed by atoms with Gasteiger partial charge in [0, 0.05) is 25.7 Å². The number of nitrogens with zero attached hydrogens (tertiary/aromatic N) is 3. The summed E-state index contributed by atoms with van der Waals surface area (Å²) in [6, 6.07) is 0. The molecule has 1 unspecified atom stereocenters. The Morgan fingerprint density at radius 3 is 3.16 bits per heavy atom. The summed E-state index contributed by atoms with van der Waals surface area (Å²) in [6.45, 7) is 5.13. The van der Waals surface area contributed by atoms with Gasteiger partial charge in [0.15, 0.2) is 5.82 Å². The average Bonchev–Trinajstić information content (AvgIpc) is 3.00. The summed E-state index contributed by atoms with van der Waals surface area (Å²) in [6.07, 6.45) is 3.68. The van der Waals surface area contributed by atoms with Gasteiger partial charge >= 0.3 is 0 Å². The van der Waals surface area contributed by atoms with Crippen molar-refractivity contribution < 1.29 is 14.0 Å². The monoisotopic (exact) mass is 267 g/mol. The Bertz CT molecular complexity index is 415. The average molecular weight is 267 g/mol. The molecule has 0 bridgehead atoms. The van der Waals surface area contributed by atoms with E-state index in [1.165, 1.54) is 19.3 Å². The molecule has 0 amide bonds. The second kappa shape index (κ2) is 5.56. The van der Waals surface area contributed by atoms with E-state index in [2.05, 4.69) is 15.0 Å². The van der Waals surface area contributed by atoms with Crippen LogP contribution in [0.15, 0.2) is 4.52 Å². The smallest absolute Gasteiger partial charge is 0.240 e. The molecule has 0 aromatic carbocycles. The molecule has 0 aliphatic carbocycles. The summed E-state index contributed by atoms with van der Waals surface area (Å²) in [5.74, 6) is 1.30. The van der Waals surface area contributed by atoms with Gasteiger partial charge < -0.3 is 14.0 Å². The van der Waals surface area contributed by atoms with Crippen molar-refractivity contribution in [3.8, 4) is 0 Å². The topological polar surface area (TPSA) is 60.6 Å². The summed E-state index contributed by atoms with van der Waals surface area (Å²) in [4.78, 5) is 6.71. The maximum atomic E-state index is 5.65. The highest BCUT2D eigenvalue weighted by Gasteiger charge is 2.39. The molecular weight excluding hydrogens is 246 g/mol. The third-order valence-corrected chi connectivity index (χ3v) is 4.06. The van der Waals surface area contributed by atoms with E-state index in [9.17, 15) is 0 Å². The van der Waals surface area contributed by atoms with Crippen LogP contribution < -0.4 is 0 Å². The Balaban J connectivity index is 1.55. The first-order valence-electron chi connectivity index (χ1n) is 6.90. The summed E-state index contributed by atoms with van der Waals surface area (Å²) >= 11 is 0. The molecule has 1 aromatic rings. The van der Waals surface area contributed by atoms with Crippen molar-refractivity contribution in [1.29, 1.82) is 0 Å². The van der Waals surface area contributed by atoms with E-state index in [4.69, 9.17) is 14.0 Å². The SMILES string of the molecule is COCc1noc(CN2CCC3(CCCOC3)C2)n1. The van der Waals surface area contributed by atoms with E-state index >= 15 is 0 Å². The van der Waals surface area contributed by atoms with Crippen LogP contribution in [0.5, 0.6) is 0 Å². The molecule has 2 aliphatic heterocycles. The van der Waals surface area contributed by atoms with Gasteiger partial charge in [-0.2, -0.15) is 4.98 Å². The molecule has 1 aromatic heterocycles. The van der Waals surface area contributed by atoms with Crippen LogP contribution in [-0.4, -0.2) is 48.5 Å². The first-order valence-corrected chi connectivity index (χ1v) is 6.90. The molecule has 6 nitrogen and oxygen atoms in total. The van der Waals surface area contributed by atoms with Crippen LogP contribution in [0.2, 0.25) is 0 Å². The predicted octanol–water partition coefficient (Wildman–Crippen LogP) is 1.22. The lowest BCUT2D eigenvalue weighted by atomic mass is 9.82. The fourth-order valence-corrected chi connectivity index (χ4v) is 3.13. The highest BCUT2D eigenvalue weighted by Crippen LogP contribution is 2.38. The lowest BCUT2D eigenvalue weighted by Gasteiger charge is -2.33. The van der Waals surface area contributed by atoms with Gasteiger partial charge in [0.1, 0.15) is 6.61 Å². The molecule has 0 radical (unpaired) electrons. The molecule has 3 heterocycles. The van der Waals surface area contributed by atoms with Crippen LogP contribution in [0.25, 0.3) is 0 Å². The van der Waals surface area contributed by atoms with Crippen LogP contribution in [0, 0.1) is 5.41 Å². The van der Waals surface area contributed by atoms with Crippen molar-refractivity contribution in [2.75, 3.05) is 33.4 Å². The van der Waals surface area contributed by atoms with Gasteiger partial charge in [-0.05, 0) is 25.8 Å². The third kappa shape index (κ3) is 2.96. The second-order valence-corrected chi connectivity index (χ2v) is 5.65. The van der Waals surface area contributed by atoms with E-state index in [-0.39, 0.29) is 0 Å². The Morgan fingerprint density at radius 1 is 1.42 bits per heavy atom. The predicted molar refractivity (Wildman–Crippen MR) is 67.4 cm³/mol. The lowest BCUT2D eigenvalue weighted by molar-refractivity contribution is -0.00288. The number of methoxy groups -OCH3 is 1. The number of hydrogen-bond acceptors (Lipinski definition) is 6. The van der Waals surface area contributed by atoms with E-state index < -0.39 is 0 Å². The van der Waals surface area contributed by atoms with Gasteiger partial charge in [-0.1, -0.05) is 5.16 Å². The maximum Gasteiger partial charge on any atom is 0.240 e. The zero-order valence-electron chi connectivity index (χ0n) is 11.4. The largest absolute Gasteiger partial charge is 0.381 e. The van der Waals surface area contributed by atoms with Crippen LogP contribution in [-0.2, 0) is 22.6 Å². The Labute approximate surface area is 113 Å². The lowest BCUT2D eigenvalue weighted by Crippen LogP contribution is -2.34. The Kier molecular flexibility index (Phi) is 3.81. The zero-order valence-corrected chi connectivity index (χ0v) is 11.4. The molecule has 2 fully saturated rings. The first kappa shape index (κ1) is 13.0. The molecule has 0 N–H and O–H groups in total. The summed E-state index contributed by atoms with van der Waals surface area (Å²) in [5, 5.41) is 3.89. The quantitative estimate of drug-likeness (QED) is 0.817. The number of hydrogen-bond donors (Lipinski definition) is 0. The Morgan fingerprint density at radius 2 is 2.37 bits per heavy atom. The van der Waals surface area contributed by atoms with E-state index in [1.807, 2.05) is 0 Å². The number of likely N-dealkylation sites (tertiary alicyclic amines) is 1. The standard InChI is InChI=1S/C13H21N3O3/c1-17-8-11-14-12(19-15-11)7-16-5-4-13(9-16)3-2-6-18-10-13/h2-10H2,1H3. The van der Waals surface area contributed by atoms with Gasteiger partial charge in [-0.3, -0.25) is 4.90 Å². The molecule has 0 saturated carbocycles. The van der Waals surface area contributed by atoms with E-state index in [0.29, 0.717) is 23.7 Å². The van der Waals surface area contributed by atoms with Crippen molar-refractivity contribution in [3.05, 3.63) is 11.7 Å². The van der Waals surface area contributed by atoms with Crippen molar-refractivity contribution in [3.63, 3.8) is 0 Å². The number of ether oxygens (including phenoxy) is 2. The molecule has 2 saturated heterocycles. The molecular formula is C13H21N3O3. The zero-order chi connectivity index (χ0) is 13.1. The highest BCUT2D eigenvalue weighted by atomic mass is 16.5. The number of rotatable bonds is 4. The Hall–Kier alpha value is -0.980. The van der Waals surface area contributed by atoms with Crippen LogP contribution in [0.1, 0.15) is 31.0 Å². The molecule has 3 rings (SSSR count). The molecule has 6 heteroatoms. The van der Waals surface area contributed by atoms with Gasteiger partial charge in [-0.25, -0.2) is 0 Å². The normalized spacial score (nSPS) is 28.3. The molecule has 1 spiro atoms. The third-order valence-electron chi connectivity index (χ3n) is 4.06. The van der Waals surface area contributed by atoms with Crippen molar-refractivity contribution in [1.82, 2.24) is 15.0 Å². The summed E-state index contributed by atoms with van der Waals surface area (Å²) in [7, 11) is 1.63. The minimum Gasteiger partial charge on any atom is -0.381 e. The minimum absolute atomic E-state index is 0.369. The summed E-state index contributed by atoms with van der Waals surface area (Å²) < 4.78 is 15.9. The molecule has 2 aliphatic rings. The van der Waals surface area contributed by atoms with Gasteiger partial charge in [-0.15, -0.1) is 0 Å². The van der Waals surface area contributed by atoms with Crippen molar-refractivity contribution in [2.45, 2.75) is 32.4 Å². The summed E-state index contributed by atoms with van der Waals surface area (Å²) in [5.41, 5.74) is 0.369. The number of aromatic nitrogens is 2.